The molecule has 2 aromatic heterocycles. The smallest absolute Gasteiger partial charge is 0.224 e. The lowest BCUT2D eigenvalue weighted by Gasteiger charge is -2.38. The zero-order valence-corrected chi connectivity index (χ0v) is 14.7. The van der Waals surface area contributed by atoms with Crippen molar-refractivity contribution in [3.63, 3.8) is 0 Å². The van der Waals surface area contributed by atoms with Crippen LogP contribution in [0.4, 0.5) is 11.8 Å². The van der Waals surface area contributed by atoms with Crippen LogP contribution in [0.5, 0.6) is 0 Å². The molecule has 0 amide bonds. The summed E-state index contributed by atoms with van der Waals surface area (Å²) < 4.78 is 0. The second-order valence-corrected chi connectivity index (χ2v) is 6.80. The summed E-state index contributed by atoms with van der Waals surface area (Å²) in [5, 5.41) is 16.1. The van der Waals surface area contributed by atoms with Gasteiger partial charge in [0, 0.05) is 28.6 Å². The van der Waals surface area contributed by atoms with E-state index in [1.165, 1.54) is 0 Å². The minimum atomic E-state index is -0.704. The summed E-state index contributed by atoms with van der Waals surface area (Å²) in [5.41, 5.74) is 2.80. The molecule has 2 N–H and O–H groups in total. The van der Waals surface area contributed by atoms with Gasteiger partial charge in [-0.05, 0) is 45.2 Å². The van der Waals surface area contributed by atoms with Crippen LogP contribution in [0.15, 0.2) is 17.5 Å². The van der Waals surface area contributed by atoms with E-state index >= 15 is 0 Å². The molecule has 1 atom stereocenters. The largest absolute Gasteiger partial charge is 0.369 e. The summed E-state index contributed by atoms with van der Waals surface area (Å²) in [6.45, 7) is 8.89. The van der Waals surface area contributed by atoms with E-state index in [0.717, 1.165) is 34.1 Å². The van der Waals surface area contributed by atoms with E-state index in [4.69, 9.17) is 0 Å². The highest BCUT2D eigenvalue weighted by Crippen LogP contribution is 2.39. The average molecular weight is 330 g/mol. The zero-order valence-electron chi connectivity index (χ0n) is 13.9. The first-order chi connectivity index (χ1) is 11.0. The predicted molar refractivity (Wildman–Crippen MR) is 96.7 cm³/mol. The van der Waals surface area contributed by atoms with Crippen LogP contribution < -0.4 is 10.2 Å². The molecule has 23 heavy (non-hydrogen) atoms. The van der Waals surface area contributed by atoms with Crippen LogP contribution in [0, 0.1) is 6.92 Å². The van der Waals surface area contributed by atoms with E-state index in [-0.39, 0.29) is 6.04 Å². The lowest BCUT2D eigenvalue weighted by molar-refractivity contribution is 0.215. The van der Waals surface area contributed by atoms with Gasteiger partial charge in [0.2, 0.25) is 5.95 Å². The molecule has 0 fully saturated rings. The normalized spacial score (nSPS) is 17.2. The molecule has 5 nitrogen and oxygen atoms in total. The van der Waals surface area contributed by atoms with E-state index in [0.29, 0.717) is 5.95 Å². The van der Waals surface area contributed by atoms with Crippen LogP contribution in [-0.2, 0) is 0 Å². The first-order valence-corrected chi connectivity index (χ1v) is 8.75. The molecule has 2 aromatic rings. The maximum atomic E-state index is 10.9. The molecule has 0 aromatic carbocycles. The molecule has 0 bridgehead atoms. The van der Waals surface area contributed by atoms with Crippen molar-refractivity contribution in [3.8, 4) is 0 Å². The van der Waals surface area contributed by atoms with Gasteiger partial charge in [-0.25, -0.2) is 4.98 Å². The number of anilines is 2. The molecule has 1 aliphatic heterocycles. The second kappa shape index (κ2) is 6.29. The van der Waals surface area contributed by atoms with Gasteiger partial charge in [0.05, 0.1) is 5.69 Å². The molecular weight excluding hydrogens is 308 g/mol. The summed E-state index contributed by atoms with van der Waals surface area (Å²) >= 11 is 1.63. The third-order valence-corrected chi connectivity index (χ3v) is 4.82. The van der Waals surface area contributed by atoms with Crippen LogP contribution in [0.3, 0.4) is 0 Å². The molecule has 1 aliphatic rings. The topological polar surface area (TPSA) is 61.3 Å². The lowest BCUT2D eigenvalue weighted by atomic mass is 10.0. The Balaban J connectivity index is 2.18. The van der Waals surface area contributed by atoms with Gasteiger partial charge in [-0.15, -0.1) is 11.3 Å². The van der Waals surface area contributed by atoms with Crippen molar-refractivity contribution >= 4 is 34.8 Å². The lowest BCUT2D eigenvalue weighted by Crippen LogP contribution is -2.44. The fraction of sp³-hybridized carbons (Fsp3) is 0.412. The Morgan fingerprint density at radius 1 is 1.39 bits per heavy atom. The maximum Gasteiger partial charge on any atom is 0.224 e. The molecular formula is C17H22N4OS. The fourth-order valence-electron chi connectivity index (χ4n) is 2.83. The number of nitrogens with one attached hydrogen (secondary N) is 1. The van der Waals surface area contributed by atoms with Crippen molar-refractivity contribution < 1.29 is 5.11 Å². The summed E-state index contributed by atoms with van der Waals surface area (Å²) in [6.07, 6.45) is 1.32. The highest BCUT2D eigenvalue weighted by molar-refractivity contribution is 7.11. The molecule has 1 unspecified atom stereocenters. The van der Waals surface area contributed by atoms with Gasteiger partial charge in [0.15, 0.2) is 6.23 Å². The Kier molecular flexibility index (Phi) is 4.37. The van der Waals surface area contributed by atoms with Gasteiger partial charge in [-0.1, -0.05) is 6.07 Å². The highest BCUT2D eigenvalue weighted by Gasteiger charge is 2.32. The van der Waals surface area contributed by atoms with E-state index in [2.05, 4.69) is 29.1 Å². The molecule has 122 valence electrons. The first-order valence-electron chi connectivity index (χ1n) is 7.87. The van der Waals surface area contributed by atoms with Crippen molar-refractivity contribution in [3.05, 3.63) is 33.6 Å². The van der Waals surface area contributed by atoms with Crippen LogP contribution in [0.25, 0.3) is 11.6 Å². The van der Waals surface area contributed by atoms with Gasteiger partial charge >= 0.3 is 0 Å². The van der Waals surface area contributed by atoms with Gasteiger partial charge in [-0.3, -0.25) is 0 Å². The van der Waals surface area contributed by atoms with Crippen LogP contribution >= 0.6 is 11.3 Å². The number of aromatic nitrogens is 2. The standard InChI is InChI=1S/C17H22N4OS/c1-5-18-17-19-11(4)12-9-13(14-7-6-8-23-14)16(22)21(10(2)3)15(12)20-17/h6-10,16,22H,5H2,1-4H3,(H,18,19,20). The molecule has 0 radical (unpaired) electrons. The van der Waals surface area contributed by atoms with Crippen LogP contribution in [0.1, 0.15) is 36.9 Å². The number of fused-ring (bicyclic) bond motifs is 1. The molecule has 3 rings (SSSR count). The highest BCUT2D eigenvalue weighted by atomic mass is 32.1. The number of rotatable bonds is 4. The Labute approximate surface area is 140 Å². The number of aryl methyl sites for hydroxylation is 1. The second-order valence-electron chi connectivity index (χ2n) is 5.85. The number of aliphatic hydroxyl groups is 1. The van der Waals surface area contributed by atoms with E-state index in [1.807, 2.05) is 42.3 Å². The fourth-order valence-corrected chi connectivity index (χ4v) is 3.59. The SMILES string of the molecule is CCNc1nc(C)c2c(n1)N(C(C)C)C(O)C(c1cccs1)=C2. The van der Waals surface area contributed by atoms with E-state index < -0.39 is 6.23 Å². The molecule has 3 heterocycles. The summed E-state index contributed by atoms with van der Waals surface area (Å²) in [7, 11) is 0. The number of hydrogen-bond donors (Lipinski definition) is 2. The molecule has 0 saturated heterocycles. The van der Waals surface area contributed by atoms with Crippen molar-refractivity contribution in [1.29, 1.82) is 0 Å². The van der Waals surface area contributed by atoms with Crippen LogP contribution in [0.2, 0.25) is 0 Å². The summed E-state index contributed by atoms with van der Waals surface area (Å²) in [4.78, 5) is 12.2. The third-order valence-electron chi connectivity index (χ3n) is 3.90. The minimum absolute atomic E-state index is 0.121. The first kappa shape index (κ1) is 16.0. The molecule has 0 spiro atoms. The van der Waals surface area contributed by atoms with Crippen molar-refractivity contribution in [2.75, 3.05) is 16.8 Å². The Hall–Kier alpha value is -1.92. The number of thiophene rings is 1. The molecule has 0 saturated carbocycles. The van der Waals surface area contributed by atoms with Crippen molar-refractivity contribution in [2.24, 2.45) is 0 Å². The quantitative estimate of drug-likeness (QED) is 0.900. The van der Waals surface area contributed by atoms with Crippen LogP contribution in [-0.4, -0.2) is 33.9 Å². The third kappa shape index (κ3) is 2.84. The van der Waals surface area contributed by atoms with Gasteiger partial charge in [0.1, 0.15) is 5.82 Å². The Morgan fingerprint density at radius 2 is 2.17 bits per heavy atom. The maximum absolute atomic E-state index is 10.9. The Bertz CT molecular complexity index is 724. The Morgan fingerprint density at radius 3 is 2.78 bits per heavy atom. The minimum Gasteiger partial charge on any atom is -0.369 e. The average Bonchev–Trinajstić information content (AvgIpc) is 3.00. The van der Waals surface area contributed by atoms with Crippen molar-refractivity contribution in [1.82, 2.24) is 9.97 Å². The van der Waals surface area contributed by atoms with Crippen molar-refractivity contribution in [2.45, 2.75) is 40.0 Å². The number of hydrogen-bond acceptors (Lipinski definition) is 6. The van der Waals surface area contributed by atoms with E-state index in [9.17, 15) is 5.11 Å². The molecule has 0 aliphatic carbocycles. The summed E-state index contributed by atoms with van der Waals surface area (Å²) in [6, 6.07) is 4.16. The summed E-state index contributed by atoms with van der Waals surface area (Å²) in [5.74, 6) is 1.39. The predicted octanol–water partition coefficient (Wildman–Crippen LogP) is 3.37. The zero-order chi connectivity index (χ0) is 16.6. The number of aliphatic hydroxyl groups excluding tert-OH is 1. The monoisotopic (exact) mass is 330 g/mol. The molecule has 6 heteroatoms. The van der Waals surface area contributed by atoms with Gasteiger partial charge < -0.3 is 15.3 Å². The van der Waals surface area contributed by atoms with Gasteiger partial charge in [-0.2, -0.15) is 4.98 Å². The number of nitrogens with zero attached hydrogens (tertiary/aromatic N) is 3. The van der Waals surface area contributed by atoms with E-state index in [1.54, 1.807) is 11.3 Å². The van der Waals surface area contributed by atoms with Gasteiger partial charge in [0.25, 0.3) is 0 Å².